The van der Waals surface area contributed by atoms with Crippen LogP contribution in [0, 0.1) is 23.2 Å². The van der Waals surface area contributed by atoms with Gasteiger partial charge in [-0.3, -0.25) is 4.79 Å². The number of carbonyl (C=O) groups is 1. The molecule has 0 atom stereocenters. The zero-order valence-electron chi connectivity index (χ0n) is 13.9. The SMILES string of the molecule is Cc1cccc(C(=O)NCc2ccc(-n3ccnc3C)c(F)c2)c1I. The van der Waals surface area contributed by atoms with Crippen LogP contribution >= 0.6 is 22.6 Å². The minimum absolute atomic E-state index is 0.164. The van der Waals surface area contributed by atoms with Gasteiger partial charge in [-0.25, -0.2) is 9.37 Å². The highest BCUT2D eigenvalue weighted by atomic mass is 127. The second-order valence-electron chi connectivity index (χ2n) is 5.75. The molecule has 128 valence electrons. The van der Waals surface area contributed by atoms with Crippen LogP contribution in [0.2, 0.25) is 0 Å². The van der Waals surface area contributed by atoms with Crippen molar-refractivity contribution in [1.29, 1.82) is 0 Å². The third-order valence-corrected chi connectivity index (χ3v) is 5.42. The van der Waals surface area contributed by atoms with Crippen LogP contribution in [-0.4, -0.2) is 15.5 Å². The van der Waals surface area contributed by atoms with Crippen molar-refractivity contribution in [1.82, 2.24) is 14.9 Å². The highest BCUT2D eigenvalue weighted by molar-refractivity contribution is 14.1. The fraction of sp³-hybridized carbons (Fsp3) is 0.158. The van der Waals surface area contributed by atoms with E-state index in [-0.39, 0.29) is 18.3 Å². The Bertz CT molecular complexity index is 936. The molecule has 0 radical (unpaired) electrons. The van der Waals surface area contributed by atoms with E-state index in [4.69, 9.17) is 0 Å². The predicted molar refractivity (Wildman–Crippen MR) is 103 cm³/mol. The summed E-state index contributed by atoms with van der Waals surface area (Å²) in [5.74, 6) is 0.204. The summed E-state index contributed by atoms with van der Waals surface area (Å²) in [4.78, 5) is 16.5. The first kappa shape index (κ1) is 17.6. The van der Waals surface area contributed by atoms with E-state index in [9.17, 15) is 9.18 Å². The Balaban J connectivity index is 1.74. The van der Waals surface area contributed by atoms with Crippen LogP contribution in [0.25, 0.3) is 5.69 Å². The summed E-state index contributed by atoms with van der Waals surface area (Å²) in [5.41, 5.74) is 2.83. The minimum Gasteiger partial charge on any atom is -0.348 e. The molecule has 3 rings (SSSR count). The minimum atomic E-state index is -0.349. The Hall–Kier alpha value is -2.22. The van der Waals surface area contributed by atoms with E-state index in [1.807, 2.05) is 26.0 Å². The molecule has 25 heavy (non-hydrogen) atoms. The van der Waals surface area contributed by atoms with Gasteiger partial charge in [0.15, 0.2) is 0 Å². The van der Waals surface area contributed by atoms with E-state index in [1.165, 1.54) is 6.07 Å². The molecule has 0 bridgehead atoms. The number of aromatic nitrogens is 2. The monoisotopic (exact) mass is 449 g/mol. The molecule has 0 aliphatic rings. The smallest absolute Gasteiger partial charge is 0.252 e. The van der Waals surface area contributed by atoms with E-state index in [1.54, 1.807) is 35.2 Å². The lowest BCUT2D eigenvalue weighted by molar-refractivity contribution is 0.0950. The third-order valence-electron chi connectivity index (χ3n) is 3.99. The second-order valence-corrected chi connectivity index (χ2v) is 6.83. The number of halogens is 2. The summed E-state index contributed by atoms with van der Waals surface area (Å²) >= 11 is 2.16. The first-order valence-electron chi connectivity index (χ1n) is 7.79. The topological polar surface area (TPSA) is 46.9 Å². The van der Waals surface area contributed by atoms with E-state index >= 15 is 0 Å². The van der Waals surface area contributed by atoms with Crippen LogP contribution in [0.15, 0.2) is 48.8 Å². The third kappa shape index (κ3) is 3.73. The lowest BCUT2D eigenvalue weighted by atomic mass is 10.1. The molecular weight excluding hydrogens is 432 g/mol. The Morgan fingerprint density at radius 2 is 2.08 bits per heavy atom. The molecule has 1 N–H and O–H groups in total. The summed E-state index contributed by atoms with van der Waals surface area (Å²) in [6, 6.07) is 10.5. The van der Waals surface area contributed by atoms with Crippen molar-refractivity contribution in [2.75, 3.05) is 0 Å². The number of aryl methyl sites for hydroxylation is 2. The molecule has 0 unspecified atom stereocenters. The maximum Gasteiger partial charge on any atom is 0.252 e. The molecule has 1 aromatic heterocycles. The predicted octanol–water partition coefficient (Wildman–Crippen LogP) is 4.16. The summed E-state index contributed by atoms with van der Waals surface area (Å²) in [6.07, 6.45) is 3.35. The van der Waals surface area contributed by atoms with Crippen LogP contribution in [0.5, 0.6) is 0 Å². The number of nitrogens with zero attached hydrogens (tertiary/aromatic N) is 2. The number of rotatable bonds is 4. The molecule has 6 heteroatoms. The fourth-order valence-electron chi connectivity index (χ4n) is 2.59. The van der Waals surface area contributed by atoms with Crippen molar-refractivity contribution in [3.8, 4) is 5.69 Å². The summed E-state index contributed by atoms with van der Waals surface area (Å²) in [5, 5.41) is 2.85. The Labute approximate surface area is 159 Å². The zero-order chi connectivity index (χ0) is 18.0. The standard InChI is InChI=1S/C19H17FIN3O/c1-12-4-3-5-15(18(12)21)19(25)23-11-14-6-7-17(16(20)10-14)24-9-8-22-13(24)2/h3-10H,11H2,1-2H3,(H,23,25). The summed E-state index contributed by atoms with van der Waals surface area (Å²) in [7, 11) is 0. The van der Waals surface area contributed by atoms with Gasteiger partial charge in [0.1, 0.15) is 11.6 Å². The molecule has 0 spiro atoms. The van der Waals surface area contributed by atoms with Gasteiger partial charge >= 0.3 is 0 Å². The molecule has 0 fully saturated rings. The maximum absolute atomic E-state index is 14.4. The molecule has 0 saturated heterocycles. The summed E-state index contributed by atoms with van der Waals surface area (Å²) in [6.45, 7) is 4.05. The Kier molecular flexibility index (Phi) is 5.17. The fourth-order valence-corrected chi connectivity index (χ4v) is 3.19. The number of nitrogens with one attached hydrogen (secondary N) is 1. The highest BCUT2D eigenvalue weighted by Crippen LogP contribution is 2.18. The first-order valence-corrected chi connectivity index (χ1v) is 8.87. The van der Waals surface area contributed by atoms with Crippen LogP contribution in [0.3, 0.4) is 0 Å². The normalized spacial score (nSPS) is 10.7. The maximum atomic E-state index is 14.4. The van der Waals surface area contributed by atoms with Crippen LogP contribution < -0.4 is 5.32 Å². The summed E-state index contributed by atoms with van der Waals surface area (Å²) < 4.78 is 17.0. The Morgan fingerprint density at radius 3 is 2.76 bits per heavy atom. The van der Waals surface area contributed by atoms with Crippen molar-refractivity contribution in [2.45, 2.75) is 20.4 Å². The molecule has 0 saturated carbocycles. The lowest BCUT2D eigenvalue weighted by Gasteiger charge is -2.11. The largest absolute Gasteiger partial charge is 0.348 e. The van der Waals surface area contributed by atoms with Gasteiger partial charge in [0.05, 0.1) is 11.3 Å². The van der Waals surface area contributed by atoms with E-state index in [0.29, 0.717) is 22.6 Å². The first-order chi connectivity index (χ1) is 12.0. The van der Waals surface area contributed by atoms with Crippen molar-refractivity contribution in [3.05, 3.63) is 80.7 Å². The average Bonchev–Trinajstić information content (AvgIpc) is 3.01. The molecule has 1 amide bonds. The van der Waals surface area contributed by atoms with Crippen molar-refractivity contribution < 1.29 is 9.18 Å². The van der Waals surface area contributed by atoms with Gasteiger partial charge in [-0.05, 0) is 65.8 Å². The van der Waals surface area contributed by atoms with Gasteiger partial charge < -0.3 is 9.88 Å². The van der Waals surface area contributed by atoms with Crippen molar-refractivity contribution in [3.63, 3.8) is 0 Å². The van der Waals surface area contributed by atoms with Crippen molar-refractivity contribution >= 4 is 28.5 Å². The molecule has 0 aliphatic carbocycles. The molecule has 1 heterocycles. The van der Waals surface area contributed by atoms with Gasteiger partial charge in [-0.2, -0.15) is 0 Å². The molecule has 2 aromatic carbocycles. The number of amides is 1. The number of hydrogen-bond donors (Lipinski definition) is 1. The average molecular weight is 449 g/mol. The number of benzene rings is 2. The zero-order valence-corrected chi connectivity index (χ0v) is 16.0. The van der Waals surface area contributed by atoms with E-state index in [2.05, 4.69) is 32.9 Å². The number of imidazole rings is 1. The highest BCUT2D eigenvalue weighted by Gasteiger charge is 2.12. The van der Waals surface area contributed by atoms with Gasteiger partial charge in [0.25, 0.3) is 5.91 Å². The van der Waals surface area contributed by atoms with Crippen LogP contribution in [0.4, 0.5) is 4.39 Å². The van der Waals surface area contributed by atoms with Crippen LogP contribution in [0.1, 0.15) is 27.3 Å². The van der Waals surface area contributed by atoms with Crippen molar-refractivity contribution in [2.24, 2.45) is 0 Å². The van der Waals surface area contributed by atoms with E-state index < -0.39 is 0 Å². The van der Waals surface area contributed by atoms with Gasteiger partial charge in [-0.1, -0.05) is 18.2 Å². The molecule has 3 aromatic rings. The Morgan fingerprint density at radius 1 is 1.28 bits per heavy atom. The second kappa shape index (κ2) is 7.35. The molecule has 4 nitrogen and oxygen atoms in total. The lowest BCUT2D eigenvalue weighted by Crippen LogP contribution is -2.24. The number of hydrogen-bond acceptors (Lipinski definition) is 2. The van der Waals surface area contributed by atoms with Crippen LogP contribution in [-0.2, 0) is 6.54 Å². The number of carbonyl (C=O) groups excluding carboxylic acids is 1. The molecule has 0 aliphatic heterocycles. The van der Waals surface area contributed by atoms with Gasteiger partial charge in [0.2, 0.25) is 0 Å². The van der Waals surface area contributed by atoms with Gasteiger partial charge in [-0.15, -0.1) is 0 Å². The van der Waals surface area contributed by atoms with E-state index in [0.717, 1.165) is 9.13 Å². The molecular formula is C19H17FIN3O. The van der Waals surface area contributed by atoms with Gasteiger partial charge in [0, 0.05) is 22.5 Å². The quantitative estimate of drug-likeness (QED) is 0.609.